The first-order chi connectivity index (χ1) is 7.54. The third-order valence-electron chi connectivity index (χ3n) is 2.31. The lowest BCUT2D eigenvalue weighted by atomic mass is 10.2. The van der Waals surface area contributed by atoms with E-state index in [9.17, 15) is 4.79 Å². The lowest BCUT2D eigenvalue weighted by molar-refractivity contribution is 0.186. The number of aliphatic hydroxyl groups is 1. The number of carbonyl (C=O) groups excluding carboxylic acids is 1. The monoisotopic (exact) mass is 226 g/mol. The summed E-state index contributed by atoms with van der Waals surface area (Å²) in [4.78, 5) is 13.0. The number of carbonyl (C=O) groups is 1. The number of hydrogen-bond donors (Lipinski definition) is 2. The van der Waals surface area contributed by atoms with E-state index in [0.29, 0.717) is 6.54 Å². The van der Waals surface area contributed by atoms with Gasteiger partial charge in [0.1, 0.15) is 11.5 Å². The Morgan fingerprint density at radius 2 is 2.31 bits per heavy atom. The Morgan fingerprint density at radius 1 is 1.62 bits per heavy atom. The molecule has 0 aliphatic rings. The minimum Gasteiger partial charge on any atom is -0.464 e. The highest BCUT2D eigenvalue weighted by Crippen LogP contribution is 2.15. The molecule has 0 aliphatic heterocycles. The van der Waals surface area contributed by atoms with Gasteiger partial charge in [-0.2, -0.15) is 0 Å². The molecule has 1 heterocycles. The average Bonchev–Trinajstić information content (AvgIpc) is 2.65. The molecule has 0 bridgehead atoms. The second-order valence-electron chi connectivity index (χ2n) is 3.76. The molecule has 1 aromatic heterocycles. The van der Waals surface area contributed by atoms with Crippen LogP contribution in [0.5, 0.6) is 0 Å². The average molecular weight is 226 g/mol. The van der Waals surface area contributed by atoms with Crippen molar-refractivity contribution in [2.24, 2.45) is 0 Å². The molecule has 2 amide bonds. The van der Waals surface area contributed by atoms with Crippen LogP contribution in [0.3, 0.4) is 0 Å². The van der Waals surface area contributed by atoms with Crippen LogP contribution in [-0.4, -0.2) is 36.2 Å². The third-order valence-corrected chi connectivity index (χ3v) is 2.31. The molecule has 0 saturated heterocycles. The van der Waals surface area contributed by atoms with Gasteiger partial charge in [0.15, 0.2) is 0 Å². The van der Waals surface area contributed by atoms with E-state index in [4.69, 9.17) is 9.52 Å². The van der Waals surface area contributed by atoms with Crippen molar-refractivity contribution in [2.75, 3.05) is 20.2 Å². The predicted octanol–water partition coefficient (Wildman–Crippen LogP) is 1.28. The molecule has 1 rings (SSSR count). The summed E-state index contributed by atoms with van der Waals surface area (Å²) in [5.74, 6) is 1.54. The Morgan fingerprint density at radius 3 is 2.81 bits per heavy atom. The number of aryl methyl sites for hydroxylation is 1. The lowest BCUT2D eigenvalue weighted by Gasteiger charge is -2.19. The topological polar surface area (TPSA) is 65.7 Å². The fourth-order valence-electron chi connectivity index (χ4n) is 1.30. The van der Waals surface area contributed by atoms with Gasteiger partial charge in [-0.15, -0.1) is 0 Å². The van der Waals surface area contributed by atoms with Gasteiger partial charge in [0.25, 0.3) is 0 Å². The zero-order valence-corrected chi connectivity index (χ0v) is 9.86. The predicted molar refractivity (Wildman–Crippen MR) is 60.1 cm³/mol. The number of amides is 2. The van der Waals surface area contributed by atoms with Crippen LogP contribution in [0.25, 0.3) is 0 Å². The molecule has 5 nitrogen and oxygen atoms in total. The molecule has 0 spiro atoms. The van der Waals surface area contributed by atoms with Crippen molar-refractivity contribution in [2.45, 2.75) is 19.9 Å². The quantitative estimate of drug-likeness (QED) is 0.812. The second-order valence-corrected chi connectivity index (χ2v) is 3.76. The number of rotatable bonds is 4. The summed E-state index contributed by atoms with van der Waals surface area (Å²) in [7, 11) is 1.63. The van der Waals surface area contributed by atoms with Crippen LogP contribution in [0.4, 0.5) is 4.79 Å². The standard InChI is InChI=1S/C11H18N2O3/c1-8-4-5-10(16-8)9(2)12-11(15)13(3)6-7-14/h4-5,9,14H,6-7H2,1-3H3,(H,12,15). The van der Waals surface area contributed by atoms with Crippen molar-refractivity contribution in [3.63, 3.8) is 0 Å². The normalized spacial score (nSPS) is 12.2. The van der Waals surface area contributed by atoms with E-state index in [2.05, 4.69) is 5.32 Å². The molecular weight excluding hydrogens is 208 g/mol. The summed E-state index contributed by atoms with van der Waals surface area (Å²) in [6, 6.07) is 3.29. The molecule has 0 aromatic carbocycles. The minimum absolute atomic E-state index is 0.0435. The van der Waals surface area contributed by atoms with E-state index in [1.165, 1.54) is 4.90 Å². The SMILES string of the molecule is Cc1ccc(C(C)NC(=O)N(C)CCO)o1. The molecule has 1 atom stereocenters. The van der Waals surface area contributed by atoms with Crippen molar-refractivity contribution >= 4 is 6.03 Å². The maximum atomic E-state index is 11.6. The Balaban J connectivity index is 2.51. The molecule has 1 aromatic rings. The number of nitrogens with zero attached hydrogens (tertiary/aromatic N) is 1. The third kappa shape index (κ3) is 3.27. The van der Waals surface area contributed by atoms with Gasteiger partial charge >= 0.3 is 6.03 Å². The van der Waals surface area contributed by atoms with Gasteiger partial charge in [-0.25, -0.2) is 4.79 Å². The van der Waals surface area contributed by atoms with Crippen LogP contribution < -0.4 is 5.32 Å². The number of aliphatic hydroxyl groups excluding tert-OH is 1. The van der Waals surface area contributed by atoms with Crippen LogP contribution in [0.1, 0.15) is 24.5 Å². The Kier molecular flexibility index (Phi) is 4.37. The highest BCUT2D eigenvalue weighted by atomic mass is 16.3. The Bertz CT molecular complexity index is 349. The zero-order valence-electron chi connectivity index (χ0n) is 9.86. The van der Waals surface area contributed by atoms with Crippen molar-refractivity contribution in [1.82, 2.24) is 10.2 Å². The molecule has 0 saturated carbocycles. The number of likely N-dealkylation sites (N-methyl/N-ethyl adjacent to an activating group) is 1. The first-order valence-electron chi connectivity index (χ1n) is 5.23. The molecule has 0 fully saturated rings. The summed E-state index contributed by atoms with van der Waals surface area (Å²) in [5.41, 5.74) is 0. The lowest BCUT2D eigenvalue weighted by Crippen LogP contribution is -2.39. The summed E-state index contributed by atoms with van der Waals surface area (Å²) in [6.45, 7) is 3.98. The van der Waals surface area contributed by atoms with Crippen LogP contribution in [0.15, 0.2) is 16.5 Å². The number of hydrogen-bond acceptors (Lipinski definition) is 3. The van der Waals surface area contributed by atoms with Crippen LogP contribution >= 0.6 is 0 Å². The zero-order chi connectivity index (χ0) is 12.1. The summed E-state index contributed by atoms with van der Waals surface area (Å²) in [6.07, 6.45) is 0. The highest BCUT2D eigenvalue weighted by molar-refractivity contribution is 5.74. The van der Waals surface area contributed by atoms with Crippen molar-refractivity contribution in [3.05, 3.63) is 23.7 Å². The van der Waals surface area contributed by atoms with Crippen molar-refractivity contribution in [3.8, 4) is 0 Å². The molecular formula is C11H18N2O3. The summed E-state index contributed by atoms with van der Waals surface area (Å²) < 4.78 is 5.40. The van der Waals surface area contributed by atoms with E-state index in [1.54, 1.807) is 7.05 Å². The van der Waals surface area contributed by atoms with E-state index < -0.39 is 0 Å². The summed E-state index contributed by atoms with van der Waals surface area (Å²) in [5, 5.41) is 11.5. The van der Waals surface area contributed by atoms with Crippen LogP contribution in [0.2, 0.25) is 0 Å². The molecule has 5 heteroatoms. The highest BCUT2D eigenvalue weighted by Gasteiger charge is 2.14. The second kappa shape index (κ2) is 5.55. The van der Waals surface area contributed by atoms with E-state index in [-0.39, 0.29) is 18.7 Å². The first kappa shape index (κ1) is 12.6. The van der Waals surface area contributed by atoms with Crippen LogP contribution in [0, 0.1) is 6.92 Å². The minimum atomic E-state index is -0.226. The van der Waals surface area contributed by atoms with Gasteiger partial charge in [-0.1, -0.05) is 0 Å². The maximum Gasteiger partial charge on any atom is 0.317 e. The molecule has 1 unspecified atom stereocenters. The van der Waals surface area contributed by atoms with Gasteiger partial charge in [0.2, 0.25) is 0 Å². The largest absolute Gasteiger partial charge is 0.464 e. The number of nitrogens with one attached hydrogen (secondary N) is 1. The number of furan rings is 1. The molecule has 2 N–H and O–H groups in total. The smallest absolute Gasteiger partial charge is 0.317 e. The van der Waals surface area contributed by atoms with E-state index in [0.717, 1.165) is 11.5 Å². The van der Waals surface area contributed by atoms with Gasteiger partial charge in [0.05, 0.1) is 12.6 Å². The fourth-order valence-corrected chi connectivity index (χ4v) is 1.30. The Labute approximate surface area is 95.0 Å². The van der Waals surface area contributed by atoms with Gasteiger partial charge in [-0.05, 0) is 26.0 Å². The van der Waals surface area contributed by atoms with Gasteiger partial charge in [0, 0.05) is 13.6 Å². The molecule has 0 aliphatic carbocycles. The van der Waals surface area contributed by atoms with Gasteiger partial charge < -0.3 is 19.7 Å². The fraction of sp³-hybridized carbons (Fsp3) is 0.545. The first-order valence-corrected chi connectivity index (χ1v) is 5.23. The van der Waals surface area contributed by atoms with Crippen molar-refractivity contribution in [1.29, 1.82) is 0 Å². The molecule has 0 radical (unpaired) electrons. The van der Waals surface area contributed by atoms with Crippen LogP contribution in [-0.2, 0) is 0 Å². The molecule has 16 heavy (non-hydrogen) atoms. The van der Waals surface area contributed by atoms with E-state index in [1.807, 2.05) is 26.0 Å². The van der Waals surface area contributed by atoms with Gasteiger partial charge in [-0.3, -0.25) is 0 Å². The molecule has 90 valence electrons. The Hall–Kier alpha value is -1.49. The maximum absolute atomic E-state index is 11.6. The van der Waals surface area contributed by atoms with Crippen molar-refractivity contribution < 1.29 is 14.3 Å². The number of urea groups is 1. The van der Waals surface area contributed by atoms with E-state index >= 15 is 0 Å². The summed E-state index contributed by atoms with van der Waals surface area (Å²) >= 11 is 0.